The van der Waals surface area contributed by atoms with Crippen LogP contribution >= 0.6 is 0 Å². The van der Waals surface area contributed by atoms with Gasteiger partial charge >= 0.3 is 6.09 Å². The molecule has 0 spiro atoms. The quantitative estimate of drug-likeness (QED) is 0.746. The molecule has 1 aromatic rings. The van der Waals surface area contributed by atoms with Crippen molar-refractivity contribution in [1.82, 2.24) is 4.90 Å². The molecular weight excluding hydrogens is 394 g/mol. The van der Waals surface area contributed by atoms with Crippen molar-refractivity contribution in [3.8, 4) is 24.0 Å². The zero-order valence-electron chi connectivity index (χ0n) is 17.5. The molecule has 1 fully saturated rings. The molecule has 1 aliphatic carbocycles. The highest BCUT2D eigenvalue weighted by Gasteiger charge is 2.58. The Morgan fingerprint density at radius 1 is 1.23 bits per heavy atom. The van der Waals surface area contributed by atoms with Gasteiger partial charge in [-0.05, 0) is 25.5 Å². The van der Waals surface area contributed by atoms with Gasteiger partial charge in [-0.3, -0.25) is 0 Å². The Morgan fingerprint density at radius 3 is 2.55 bits per heavy atom. The molecule has 2 aliphatic rings. The maximum Gasteiger partial charge on any atom is 0.410 e. The van der Waals surface area contributed by atoms with E-state index in [4.69, 9.17) is 14.9 Å². The Kier molecular flexibility index (Phi) is 6.28. The van der Waals surface area contributed by atoms with Gasteiger partial charge in [0.2, 0.25) is 0 Å². The molecule has 31 heavy (non-hydrogen) atoms. The van der Waals surface area contributed by atoms with E-state index in [-0.39, 0.29) is 25.4 Å². The number of fused-ring (bicyclic) bond motifs is 1. The lowest BCUT2D eigenvalue weighted by atomic mass is 9.54. The van der Waals surface area contributed by atoms with E-state index < -0.39 is 29.3 Å². The molecule has 1 saturated carbocycles. The Morgan fingerprint density at radius 2 is 1.94 bits per heavy atom. The van der Waals surface area contributed by atoms with Gasteiger partial charge < -0.3 is 19.8 Å². The molecule has 1 heterocycles. The van der Waals surface area contributed by atoms with Gasteiger partial charge in [0.15, 0.2) is 5.41 Å². The molecule has 0 aromatic heterocycles. The number of carbonyl (C=O) groups is 1. The molecule has 158 valence electrons. The van der Waals surface area contributed by atoms with Crippen LogP contribution in [0.15, 0.2) is 35.9 Å². The molecule has 8 nitrogen and oxygen atoms in total. The van der Waals surface area contributed by atoms with Gasteiger partial charge in [-0.1, -0.05) is 24.3 Å². The smallest absolute Gasteiger partial charge is 0.410 e. The van der Waals surface area contributed by atoms with Crippen molar-refractivity contribution < 1.29 is 14.3 Å². The number of nitrogens with zero attached hydrogens (tertiary/aromatic N) is 4. The Bertz CT molecular complexity index is 1030. The fourth-order valence-electron chi connectivity index (χ4n) is 4.54. The van der Waals surface area contributed by atoms with E-state index in [1.807, 2.05) is 19.1 Å². The third kappa shape index (κ3) is 3.49. The third-order valence-electron chi connectivity index (χ3n) is 5.87. The van der Waals surface area contributed by atoms with Gasteiger partial charge in [0.25, 0.3) is 0 Å². The first-order valence-corrected chi connectivity index (χ1v) is 10.1. The number of hydrogen-bond acceptors (Lipinski definition) is 7. The lowest BCUT2D eigenvalue weighted by Gasteiger charge is -2.47. The van der Waals surface area contributed by atoms with Crippen LogP contribution in [-0.4, -0.2) is 43.0 Å². The van der Waals surface area contributed by atoms with Crippen molar-refractivity contribution in [2.24, 2.45) is 17.3 Å². The monoisotopic (exact) mass is 417 g/mol. The number of nitrogens with one attached hydrogen (secondary N) is 1. The van der Waals surface area contributed by atoms with Crippen LogP contribution in [0.3, 0.4) is 0 Å². The maximum atomic E-state index is 12.4. The predicted octanol–water partition coefficient (Wildman–Crippen LogP) is 3.39. The first-order chi connectivity index (χ1) is 15.0. The van der Waals surface area contributed by atoms with E-state index >= 15 is 0 Å². The van der Waals surface area contributed by atoms with Crippen LogP contribution in [0.5, 0.6) is 5.75 Å². The first kappa shape index (κ1) is 21.9. The fraction of sp³-hybridized carbons (Fsp3) is 0.435. The summed E-state index contributed by atoms with van der Waals surface area (Å²) in [4.78, 5) is 13.9. The standard InChI is InChI=1S/C23H23N5O3/c1-3-30-19-8-6-5-7-16(19)20-18-12-28(22(29)31-4-2)10-9-15(18)17(11-24)21(27)23(20,13-25)14-26/h5-9,17-18,20,27H,3-4,10,12H2,1-2H3/t17?,18-,20+/m0/s1. The second-order valence-corrected chi connectivity index (χ2v) is 7.37. The molecule has 1 amide bonds. The van der Waals surface area contributed by atoms with Crippen LogP contribution in [0.1, 0.15) is 25.3 Å². The highest BCUT2D eigenvalue weighted by atomic mass is 16.6. The Balaban J connectivity index is 2.23. The SMILES string of the molecule is CCOC(=O)N1CC=C2C(C#N)C(=N)C(C#N)(C#N)[C@H](c3ccccc3OCC)[C@H]2C1. The van der Waals surface area contributed by atoms with Crippen molar-refractivity contribution in [3.63, 3.8) is 0 Å². The van der Waals surface area contributed by atoms with Gasteiger partial charge in [-0.25, -0.2) is 4.79 Å². The summed E-state index contributed by atoms with van der Waals surface area (Å²) < 4.78 is 10.9. The number of para-hydroxylation sites is 1. The predicted molar refractivity (Wildman–Crippen MR) is 111 cm³/mol. The molecule has 0 bridgehead atoms. The molecular formula is C23H23N5O3. The number of ether oxygens (including phenoxy) is 2. The van der Waals surface area contributed by atoms with Crippen LogP contribution in [0, 0.1) is 56.7 Å². The molecule has 1 unspecified atom stereocenters. The normalized spacial score (nSPS) is 24.0. The van der Waals surface area contributed by atoms with Crippen LogP contribution in [0.4, 0.5) is 4.79 Å². The van der Waals surface area contributed by atoms with Gasteiger partial charge in [0.1, 0.15) is 11.7 Å². The molecule has 3 rings (SSSR count). The summed E-state index contributed by atoms with van der Waals surface area (Å²) in [5, 5.41) is 38.7. The van der Waals surface area contributed by atoms with Crippen LogP contribution in [0.2, 0.25) is 0 Å². The van der Waals surface area contributed by atoms with E-state index in [9.17, 15) is 20.6 Å². The molecule has 1 N–H and O–H groups in total. The van der Waals surface area contributed by atoms with Gasteiger partial charge in [-0.2, -0.15) is 15.8 Å². The molecule has 1 aromatic carbocycles. The van der Waals surface area contributed by atoms with Gasteiger partial charge in [0, 0.05) is 30.5 Å². The Labute approximate surface area is 181 Å². The molecule has 1 aliphatic heterocycles. The summed E-state index contributed by atoms with van der Waals surface area (Å²) in [6, 6.07) is 13.3. The van der Waals surface area contributed by atoms with Crippen LogP contribution in [-0.2, 0) is 4.74 Å². The van der Waals surface area contributed by atoms with Crippen molar-refractivity contribution in [2.45, 2.75) is 19.8 Å². The van der Waals surface area contributed by atoms with Crippen molar-refractivity contribution in [2.75, 3.05) is 26.3 Å². The minimum Gasteiger partial charge on any atom is -0.494 e. The zero-order chi connectivity index (χ0) is 22.6. The first-order valence-electron chi connectivity index (χ1n) is 10.1. The number of benzene rings is 1. The Hall–Kier alpha value is -3.83. The third-order valence-corrected chi connectivity index (χ3v) is 5.87. The number of carbonyl (C=O) groups excluding carboxylic acids is 1. The summed E-state index contributed by atoms with van der Waals surface area (Å²) >= 11 is 0. The highest BCUT2D eigenvalue weighted by Crippen LogP contribution is 2.55. The number of amides is 1. The fourth-order valence-corrected chi connectivity index (χ4v) is 4.54. The van der Waals surface area contributed by atoms with Crippen molar-refractivity contribution in [1.29, 1.82) is 21.2 Å². The second-order valence-electron chi connectivity index (χ2n) is 7.37. The summed E-state index contributed by atoms with van der Waals surface area (Å²) in [5.41, 5.74) is -0.836. The van der Waals surface area contributed by atoms with Crippen molar-refractivity contribution >= 4 is 11.8 Å². The highest BCUT2D eigenvalue weighted by molar-refractivity contribution is 6.01. The average Bonchev–Trinajstić information content (AvgIpc) is 2.79. The maximum absolute atomic E-state index is 12.4. The molecule has 3 atom stereocenters. The van der Waals surface area contributed by atoms with Crippen molar-refractivity contribution in [3.05, 3.63) is 41.5 Å². The lowest BCUT2D eigenvalue weighted by Crippen LogP contribution is -2.53. The van der Waals surface area contributed by atoms with Gasteiger partial charge in [-0.15, -0.1) is 0 Å². The zero-order valence-corrected chi connectivity index (χ0v) is 17.5. The summed E-state index contributed by atoms with van der Waals surface area (Å²) in [6.45, 7) is 4.57. The summed E-state index contributed by atoms with van der Waals surface area (Å²) in [7, 11) is 0. The van der Waals surface area contributed by atoms with Crippen LogP contribution < -0.4 is 4.74 Å². The molecule has 0 saturated heterocycles. The molecule has 8 heteroatoms. The van der Waals surface area contributed by atoms with Crippen LogP contribution in [0.25, 0.3) is 0 Å². The van der Waals surface area contributed by atoms with E-state index in [1.54, 1.807) is 37.3 Å². The minimum atomic E-state index is -1.87. The van der Waals surface area contributed by atoms with E-state index in [0.717, 1.165) is 0 Å². The minimum absolute atomic E-state index is 0.173. The molecule has 0 radical (unpaired) electrons. The van der Waals surface area contributed by atoms with E-state index in [2.05, 4.69) is 6.07 Å². The van der Waals surface area contributed by atoms with Gasteiger partial charge in [0.05, 0.1) is 37.1 Å². The van der Waals surface area contributed by atoms with E-state index in [0.29, 0.717) is 23.5 Å². The second kappa shape index (κ2) is 8.90. The van der Waals surface area contributed by atoms with E-state index in [1.165, 1.54) is 4.90 Å². The topological polar surface area (TPSA) is 134 Å². The number of hydrogen-bond donors (Lipinski definition) is 1. The number of rotatable bonds is 4. The summed E-state index contributed by atoms with van der Waals surface area (Å²) in [6.07, 6.45) is 1.26. The summed E-state index contributed by atoms with van der Waals surface area (Å²) in [5.74, 6) is -1.78. The lowest BCUT2D eigenvalue weighted by molar-refractivity contribution is 0.0991. The average molecular weight is 417 g/mol. The number of nitriles is 3. The largest absolute Gasteiger partial charge is 0.494 e.